The minimum absolute atomic E-state index is 0.161. The molecule has 1 aromatic heterocycles. The second-order valence-electron chi connectivity index (χ2n) is 7.01. The molecule has 0 saturated heterocycles. The van der Waals surface area contributed by atoms with Gasteiger partial charge < -0.3 is 10.6 Å². The number of hydrogen-bond acceptors (Lipinski definition) is 4. The zero-order valence-electron chi connectivity index (χ0n) is 17.0. The molecule has 164 valence electrons. The van der Waals surface area contributed by atoms with Crippen LogP contribution in [0.25, 0.3) is 5.69 Å². The Bertz CT molecular complexity index is 1340. The van der Waals surface area contributed by atoms with Crippen LogP contribution in [0.2, 0.25) is 0 Å². The summed E-state index contributed by atoms with van der Waals surface area (Å²) < 4.78 is 40.9. The molecule has 0 bridgehead atoms. The van der Waals surface area contributed by atoms with E-state index in [2.05, 4.69) is 15.7 Å². The number of nitriles is 1. The standard InChI is InChI=1S/C24H16F3N5O/c25-24(26,27)22-14-21(32(31-22)20-11-4-6-16(12-20)15-28)23(33)30-19-10-5-9-18(13-19)29-17-7-2-1-3-8-17/h1-14,29H,(H,30,33). The fraction of sp³-hybridized carbons (Fsp3) is 0.0417. The molecular weight excluding hydrogens is 431 g/mol. The first-order valence-corrected chi connectivity index (χ1v) is 9.75. The normalized spacial score (nSPS) is 11.0. The van der Waals surface area contributed by atoms with Crippen LogP contribution in [0.5, 0.6) is 0 Å². The highest BCUT2D eigenvalue weighted by Gasteiger charge is 2.36. The molecule has 0 fully saturated rings. The lowest BCUT2D eigenvalue weighted by Crippen LogP contribution is -2.17. The number of amides is 1. The van der Waals surface area contributed by atoms with Crippen molar-refractivity contribution in [1.29, 1.82) is 5.26 Å². The molecule has 1 amide bonds. The van der Waals surface area contributed by atoms with Crippen LogP contribution in [0.15, 0.2) is 84.9 Å². The first-order chi connectivity index (χ1) is 15.8. The maximum Gasteiger partial charge on any atom is 0.435 e. The van der Waals surface area contributed by atoms with E-state index < -0.39 is 17.8 Å². The van der Waals surface area contributed by atoms with Crippen molar-refractivity contribution < 1.29 is 18.0 Å². The number of aromatic nitrogens is 2. The summed E-state index contributed by atoms with van der Waals surface area (Å²) in [6.45, 7) is 0. The number of nitrogens with one attached hydrogen (secondary N) is 2. The molecule has 0 atom stereocenters. The summed E-state index contributed by atoms with van der Waals surface area (Å²) in [7, 11) is 0. The molecule has 0 unspecified atom stereocenters. The summed E-state index contributed by atoms with van der Waals surface area (Å²) in [5, 5.41) is 18.5. The number of para-hydroxylation sites is 1. The number of rotatable bonds is 5. The Morgan fingerprint density at radius 2 is 1.58 bits per heavy atom. The number of carbonyl (C=O) groups excluding carboxylic acids is 1. The number of nitrogens with zero attached hydrogens (tertiary/aromatic N) is 3. The van der Waals surface area contributed by atoms with Crippen molar-refractivity contribution in [2.24, 2.45) is 0 Å². The zero-order chi connectivity index (χ0) is 23.4. The Balaban J connectivity index is 1.65. The lowest BCUT2D eigenvalue weighted by molar-refractivity contribution is -0.141. The molecule has 1 heterocycles. The van der Waals surface area contributed by atoms with Crippen molar-refractivity contribution in [3.63, 3.8) is 0 Å². The fourth-order valence-corrected chi connectivity index (χ4v) is 3.14. The monoisotopic (exact) mass is 447 g/mol. The Morgan fingerprint density at radius 1 is 0.879 bits per heavy atom. The molecule has 33 heavy (non-hydrogen) atoms. The van der Waals surface area contributed by atoms with Gasteiger partial charge in [-0.05, 0) is 48.5 Å². The van der Waals surface area contributed by atoms with Crippen LogP contribution in [0.1, 0.15) is 21.7 Å². The highest BCUT2D eigenvalue weighted by atomic mass is 19.4. The molecule has 0 aliphatic rings. The highest BCUT2D eigenvalue weighted by Crippen LogP contribution is 2.30. The van der Waals surface area contributed by atoms with Gasteiger partial charge in [0.15, 0.2) is 5.69 Å². The van der Waals surface area contributed by atoms with E-state index in [0.717, 1.165) is 10.4 Å². The second kappa shape index (κ2) is 8.88. The predicted octanol–water partition coefficient (Wildman–Crippen LogP) is 5.76. The molecule has 0 spiro atoms. The smallest absolute Gasteiger partial charge is 0.355 e. The Labute approximate surface area is 186 Å². The van der Waals surface area contributed by atoms with Gasteiger partial charge >= 0.3 is 6.18 Å². The van der Waals surface area contributed by atoms with Crippen LogP contribution in [0, 0.1) is 11.3 Å². The average Bonchev–Trinajstić information content (AvgIpc) is 3.27. The van der Waals surface area contributed by atoms with Gasteiger partial charge in [0.05, 0.1) is 17.3 Å². The molecular formula is C24H16F3N5O. The van der Waals surface area contributed by atoms with Crippen molar-refractivity contribution in [2.45, 2.75) is 6.18 Å². The Kier molecular flexibility index (Phi) is 5.83. The van der Waals surface area contributed by atoms with Gasteiger partial charge in [0.25, 0.3) is 5.91 Å². The van der Waals surface area contributed by atoms with E-state index in [1.165, 1.54) is 24.3 Å². The van der Waals surface area contributed by atoms with Gasteiger partial charge in [0, 0.05) is 23.1 Å². The van der Waals surface area contributed by atoms with Gasteiger partial charge in [-0.3, -0.25) is 4.79 Å². The van der Waals surface area contributed by atoms with E-state index in [9.17, 15) is 18.0 Å². The van der Waals surface area contributed by atoms with E-state index in [1.54, 1.807) is 24.3 Å². The zero-order valence-corrected chi connectivity index (χ0v) is 17.0. The van der Waals surface area contributed by atoms with Crippen molar-refractivity contribution in [2.75, 3.05) is 10.6 Å². The van der Waals surface area contributed by atoms with Gasteiger partial charge in [-0.2, -0.15) is 23.5 Å². The van der Waals surface area contributed by atoms with E-state index in [4.69, 9.17) is 5.26 Å². The first-order valence-electron chi connectivity index (χ1n) is 9.75. The molecule has 0 radical (unpaired) electrons. The van der Waals surface area contributed by atoms with Crippen molar-refractivity contribution in [3.05, 3.63) is 102 Å². The summed E-state index contributed by atoms with van der Waals surface area (Å²) in [6, 6.07) is 24.6. The van der Waals surface area contributed by atoms with Gasteiger partial charge in [0.1, 0.15) is 5.69 Å². The number of halogens is 3. The van der Waals surface area contributed by atoms with Crippen LogP contribution in [-0.2, 0) is 6.18 Å². The van der Waals surface area contributed by atoms with Crippen molar-refractivity contribution in [3.8, 4) is 11.8 Å². The maximum atomic E-state index is 13.3. The summed E-state index contributed by atoms with van der Waals surface area (Å²) in [5.74, 6) is -0.780. The predicted molar refractivity (Wildman–Crippen MR) is 117 cm³/mol. The third-order valence-corrected chi connectivity index (χ3v) is 4.64. The highest BCUT2D eigenvalue weighted by molar-refractivity contribution is 6.03. The Hall–Kier alpha value is -4.58. The van der Waals surface area contributed by atoms with Crippen LogP contribution in [0.3, 0.4) is 0 Å². The van der Waals surface area contributed by atoms with E-state index in [1.807, 2.05) is 36.4 Å². The molecule has 0 saturated carbocycles. The van der Waals surface area contributed by atoms with Gasteiger partial charge in [0.2, 0.25) is 0 Å². The lowest BCUT2D eigenvalue weighted by atomic mass is 10.2. The van der Waals surface area contributed by atoms with E-state index in [-0.39, 0.29) is 16.9 Å². The summed E-state index contributed by atoms with van der Waals surface area (Å²) >= 11 is 0. The third-order valence-electron chi connectivity index (χ3n) is 4.64. The number of anilines is 3. The van der Waals surface area contributed by atoms with E-state index >= 15 is 0 Å². The van der Waals surface area contributed by atoms with Gasteiger partial charge in [-0.1, -0.05) is 30.3 Å². The van der Waals surface area contributed by atoms with Crippen LogP contribution >= 0.6 is 0 Å². The first kappa shape index (κ1) is 21.6. The minimum atomic E-state index is -4.74. The summed E-state index contributed by atoms with van der Waals surface area (Å²) in [4.78, 5) is 12.9. The molecule has 4 rings (SSSR count). The minimum Gasteiger partial charge on any atom is -0.355 e. The fourth-order valence-electron chi connectivity index (χ4n) is 3.14. The number of hydrogen-bond donors (Lipinski definition) is 2. The number of alkyl halides is 3. The molecule has 0 aliphatic heterocycles. The topological polar surface area (TPSA) is 82.7 Å². The van der Waals surface area contributed by atoms with Crippen LogP contribution in [0.4, 0.5) is 30.2 Å². The lowest BCUT2D eigenvalue weighted by Gasteiger charge is -2.11. The average molecular weight is 447 g/mol. The molecule has 4 aromatic rings. The molecule has 0 aliphatic carbocycles. The van der Waals surface area contributed by atoms with Gasteiger partial charge in [-0.25, -0.2) is 4.68 Å². The van der Waals surface area contributed by atoms with Crippen molar-refractivity contribution in [1.82, 2.24) is 9.78 Å². The summed E-state index contributed by atoms with van der Waals surface area (Å²) in [5.41, 5.74) is 0.759. The second-order valence-corrected chi connectivity index (χ2v) is 7.01. The molecule has 6 nitrogen and oxygen atoms in total. The summed E-state index contributed by atoms with van der Waals surface area (Å²) in [6.07, 6.45) is -4.74. The van der Waals surface area contributed by atoms with E-state index in [0.29, 0.717) is 17.4 Å². The largest absolute Gasteiger partial charge is 0.435 e. The van der Waals surface area contributed by atoms with Gasteiger partial charge in [-0.15, -0.1) is 0 Å². The number of benzene rings is 3. The van der Waals surface area contributed by atoms with Crippen LogP contribution in [-0.4, -0.2) is 15.7 Å². The molecule has 3 aromatic carbocycles. The third kappa shape index (κ3) is 5.02. The molecule has 2 N–H and O–H groups in total. The number of carbonyl (C=O) groups is 1. The molecule has 9 heteroatoms. The van der Waals surface area contributed by atoms with Crippen LogP contribution < -0.4 is 10.6 Å². The SMILES string of the molecule is N#Cc1cccc(-n2nc(C(F)(F)F)cc2C(=O)Nc2cccc(Nc3ccccc3)c2)c1. The van der Waals surface area contributed by atoms with Crippen molar-refractivity contribution >= 4 is 23.0 Å². The maximum absolute atomic E-state index is 13.3. The quantitative estimate of drug-likeness (QED) is 0.408. The Morgan fingerprint density at radius 3 is 2.30 bits per heavy atom.